The topological polar surface area (TPSA) is 9.23 Å². The zero-order valence-corrected chi connectivity index (χ0v) is 8.79. The van der Waals surface area contributed by atoms with Crippen LogP contribution in [0.2, 0.25) is 0 Å². The van der Waals surface area contributed by atoms with Crippen molar-refractivity contribution in [3.63, 3.8) is 0 Å². The highest BCUT2D eigenvalue weighted by atomic mass is 19.1. The van der Waals surface area contributed by atoms with Crippen LogP contribution in [-0.4, -0.2) is 0 Å². The predicted octanol–water partition coefficient (Wildman–Crippen LogP) is 3.68. The highest BCUT2D eigenvalue weighted by Gasteiger charge is 2.05. The summed E-state index contributed by atoms with van der Waals surface area (Å²) in [5.74, 6) is -1.89. The van der Waals surface area contributed by atoms with Crippen molar-refractivity contribution in [2.24, 2.45) is 0 Å². The summed E-state index contributed by atoms with van der Waals surface area (Å²) in [7, 11) is 0. The van der Waals surface area contributed by atoms with Crippen LogP contribution in [0.25, 0.3) is 0 Å². The Balaban J connectivity index is 2.07. The minimum atomic E-state index is -0.776. The fraction of sp³-hybridized carbons (Fsp3) is 0.0769. The van der Waals surface area contributed by atoms with E-state index in [0.717, 1.165) is 12.1 Å². The molecule has 0 saturated heterocycles. The molecule has 4 heteroatoms. The van der Waals surface area contributed by atoms with Gasteiger partial charge in [-0.3, -0.25) is 0 Å². The number of ether oxygens (including phenoxy) is 1. The van der Waals surface area contributed by atoms with Gasteiger partial charge in [-0.1, -0.05) is 12.1 Å². The summed E-state index contributed by atoms with van der Waals surface area (Å²) < 4.78 is 43.8. The Bertz CT molecular complexity index is 526. The van der Waals surface area contributed by atoms with Crippen molar-refractivity contribution in [2.75, 3.05) is 0 Å². The Morgan fingerprint density at radius 1 is 0.882 bits per heavy atom. The van der Waals surface area contributed by atoms with Crippen LogP contribution in [-0.2, 0) is 6.61 Å². The molecule has 0 fully saturated rings. The third-order valence-electron chi connectivity index (χ3n) is 2.18. The SMILES string of the molecule is Fc1cccc(COc2ccc(F)cc2F)c1. The maximum absolute atomic E-state index is 13.2. The van der Waals surface area contributed by atoms with Crippen molar-refractivity contribution in [3.05, 3.63) is 65.5 Å². The molecule has 0 spiro atoms. The van der Waals surface area contributed by atoms with Gasteiger partial charge < -0.3 is 4.74 Å². The van der Waals surface area contributed by atoms with Gasteiger partial charge >= 0.3 is 0 Å². The molecule has 0 unspecified atom stereocenters. The van der Waals surface area contributed by atoms with E-state index < -0.39 is 11.6 Å². The molecule has 0 aromatic heterocycles. The number of hydrogen-bond donors (Lipinski definition) is 0. The smallest absolute Gasteiger partial charge is 0.167 e. The Labute approximate surface area is 96.5 Å². The first-order valence-corrected chi connectivity index (χ1v) is 4.97. The molecule has 0 heterocycles. The first-order chi connectivity index (χ1) is 8.15. The first-order valence-electron chi connectivity index (χ1n) is 4.97. The molecule has 0 aliphatic carbocycles. The van der Waals surface area contributed by atoms with Crippen molar-refractivity contribution >= 4 is 0 Å². The van der Waals surface area contributed by atoms with Gasteiger partial charge in [-0.15, -0.1) is 0 Å². The highest BCUT2D eigenvalue weighted by Crippen LogP contribution is 2.19. The lowest BCUT2D eigenvalue weighted by atomic mass is 10.2. The maximum atomic E-state index is 13.2. The van der Waals surface area contributed by atoms with Gasteiger partial charge in [0.1, 0.15) is 18.2 Å². The van der Waals surface area contributed by atoms with Gasteiger partial charge in [0, 0.05) is 6.07 Å². The lowest BCUT2D eigenvalue weighted by Gasteiger charge is -2.07. The van der Waals surface area contributed by atoms with Crippen LogP contribution in [0.15, 0.2) is 42.5 Å². The minimum absolute atomic E-state index is 0.0281. The van der Waals surface area contributed by atoms with E-state index in [1.165, 1.54) is 24.3 Å². The van der Waals surface area contributed by atoms with E-state index in [1.807, 2.05) is 0 Å². The molecule has 2 aromatic rings. The Kier molecular flexibility index (Phi) is 3.32. The molecular formula is C13H9F3O. The van der Waals surface area contributed by atoms with Crippen molar-refractivity contribution in [3.8, 4) is 5.75 Å². The second-order valence-electron chi connectivity index (χ2n) is 3.49. The van der Waals surface area contributed by atoms with E-state index in [2.05, 4.69) is 0 Å². The van der Waals surface area contributed by atoms with Crippen molar-refractivity contribution < 1.29 is 17.9 Å². The molecule has 2 rings (SSSR count). The fourth-order valence-corrected chi connectivity index (χ4v) is 1.38. The molecule has 0 bridgehead atoms. The van der Waals surface area contributed by atoms with E-state index in [1.54, 1.807) is 6.07 Å². The van der Waals surface area contributed by atoms with Gasteiger partial charge in [-0.05, 0) is 29.8 Å². The molecular weight excluding hydrogens is 229 g/mol. The molecule has 17 heavy (non-hydrogen) atoms. The lowest BCUT2D eigenvalue weighted by molar-refractivity contribution is 0.289. The number of rotatable bonds is 3. The molecule has 0 saturated carbocycles. The predicted molar refractivity (Wildman–Crippen MR) is 57.1 cm³/mol. The van der Waals surface area contributed by atoms with Crippen molar-refractivity contribution in [1.82, 2.24) is 0 Å². The molecule has 2 aromatic carbocycles. The number of benzene rings is 2. The van der Waals surface area contributed by atoms with Gasteiger partial charge in [-0.25, -0.2) is 13.2 Å². The Morgan fingerprint density at radius 3 is 2.35 bits per heavy atom. The monoisotopic (exact) mass is 238 g/mol. The lowest BCUT2D eigenvalue weighted by Crippen LogP contribution is -1.98. The quantitative estimate of drug-likeness (QED) is 0.792. The summed E-state index contributed by atoms with van der Waals surface area (Å²) in [4.78, 5) is 0. The number of hydrogen-bond acceptors (Lipinski definition) is 1. The summed E-state index contributed by atoms with van der Waals surface area (Å²) >= 11 is 0. The molecule has 0 amide bonds. The minimum Gasteiger partial charge on any atom is -0.486 e. The van der Waals surface area contributed by atoms with Crippen LogP contribution in [0.3, 0.4) is 0 Å². The normalized spacial score (nSPS) is 10.3. The van der Waals surface area contributed by atoms with E-state index in [0.29, 0.717) is 5.56 Å². The van der Waals surface area contributed by atoms with E-state index in [4.69, 9.17) is 4.74 Å². The van der Waals surface area contributed by atoms with Crippen LogP contribution < -0.4 is 4.74 Å². The molecule has 0 aliphatic rings. The van der Waals surface area contributed by atoms with Crippen LogP contribution in [0.4, 0.5) is 13.2 Å². The third-order valence-corrected chi connectivity index (χ3v) is 2.18. The van der Waals surface area contributed by atoms with Gasteiger partial charge in [0.05, 0.1) is 0 Å². The molecule has 0 atom stereocenters. The zero-order chi connectivity index (χ0) is 12.3. The zero-order valence-electron chi connectivity index (χ0n) is 8.79. The molecule has 0 aliphatic heterocycles. The summed E-state index contributed by atoms with van der Waals surface area (Å²) in [6.07, 6.45) is 0. The average molecular weight is 238 g/mol. The number of halogens is 3. The molecule has 0 radical (unpaired) electrons. The van der Waals surface area contributed by atoms with E-state index >= 15 is 0 Å². The third kappa shape index (κ3) is 3.00. The van der Waals surface area contributed by atoms with Gasteiger partial charge in [0.25, 0.3) is 0 Å². The van der Waals surface area contributed by atoms with Gasteiger partial charge in [0.15, 0.2) is 11.6 Å². The summed E-state index contributed by atoms with van der Waals surface area (Å²) in [6, 6.07) is 8.83. The molecule has 0 N–H and O–H groups in total. The second-order valence-corrected chi connectivity index (χ2v) is 3.49. The van der Waals surface area contributed by atoms with Gasteiger partial charge in [-0.2, -0.15) is 0 Å². The van der Waals surface area contributed by atoms with Crippen LogP contribution in [0, 0.1) is 17.5 Å². The summed E-state index contributed by atoms with van der Waals surface area (Å²) in [5, 5.41) is 0. The van der Waals surface area contributed by atoms with E-state index in [9.17, 15) is 13.2 Å². The largest absolute Gasteiger partial charge is 0.486 e. The van der Waals surface area contributed by atoms with E-state index in [-0.39, 0.29) is 18.2 Å². The Hall–Kier alpha value is -1.97. The van der Waals surface area contributed by atoms with Crippen LogP contribution in [0.5, 0.6) is 5.75 Å². The molecule has 88 valence electrons. The fourth-order valence-electron chi connectivity index (χ4n) is 1.38. The van der Waals surface area contributed by atoms with Gasteiger partial charge in [0.2, 0.25) is 0 Å². The second kappa shape index (κ2) is 4.91. The highest BCUT2D eigenvalue weighted by molar-refractivity contribution is 5.25. The average Bonchev–Trinajstić information content (AvgIpc) is 2.28. The standard InChI is InChI=1S/C13H9F3O/c14-10-3-1-2-9(6-10)8-17-13-5-4-11(15)7-12(13)16/h1-7H,8H2. The van der Waals surface area contributed by atoms with Crippen LogP contribution >= 0.6 is 0 Å². The first kappa shape index (κ1) is 11.5. The maximum Gasteiger partial charge on any atom is 0.167 e. The van der Waals surface area contributed by atoms with Crippen LogP contribution in [0.1, 0.15) is 5.56 Å². The Morgan fingerprint density at radius 2 is 1.65 bits per heavy atom. The summed E-state index contributed by atoms with van der Waals surface area (Å²) in [6.45, 7) is 0.0281. The van der Waals surface area contributed by atoms with Crippen molar-refractivity contribution in [2.45, 2.75) is 6.61 Å². The summed E-state index contributed by atoms with van der Waals surface area (Å²) in [5.41, 5.74) is 0.578. The van der Waals surface area contributed by atoms with Crippen molar-refractivity contribution in [1.29, 1.82) is 0 Å². The molecule has 1 nitrogen and oxygen atoms in total.